The third kappa shape index (κ3) is 4.81. The predicted octanol–water partition coefficient (Wildman–Crippen LogP) is 4.97. The molecule has 7 nitrogen and oxygen atoms in total. The molecule has 0 saturated heterocycles. The van der Waals surface area contributed by atoms with Crippen molar-refractivity contribution in [2.24, 2.45) is 4.99 Å². The zero-order valence-electron chi connectivity index (χ0n) is 17.4. The lowest BCUT2D eigenvalue weighted by atomic mass is 10.1. The van der Waals surface area contributed by atoms with E-state index >= 15 is 0 Å². The van der Waals surface area contributed by atoms with Crippen LogP contribution in [0.15, 0.2) is 69.8 Å². The number of aliphatic imine (C=N–C) groups is 1. The van der Waals surface area contributed by atoms with Gasteiger partial charge in [-0.2, -0.15) is 4.99 Å². The highest BCUT2D eigenvalue weighted by Gasteiger charge is 2.34. The molecular weight excluding hydrogens is 450 g/mol. The summed E-state index contributed by atoms with van der Waals surface area (Å²) in [4.78, 5) is 23.0. The van der Waals surface area contributed by atoms with Crippen molar-refractivity contribution in [2.75, 3.05) is 19.5 Å². The van der Waals surface area contributed by atoms with Crippen LogP contribution in [0.3, 0.4) is 0 Å². The number of rotatable bonds is 7. The van der Waals surface area contributed by atoms with Crippen LogP contribution >= 0.6 is 23.4 Å². The third-order valence-electron chi connectivity index (χ3n) is 4.60. The molecule has 9 heteroatoms. The Hall–Kier alpha value is -3.23. The Bertz CT molecular complexity index is 1160. The van der Waals surface area contributed by atoms with Crippen LogP contribution in [-0.4, -0.2) is 42.1 Å². The van der Waals surface area contributed by atoms with Crippen molar-refractivity contribution in [3.8, 4) is 11.5 Å². The number of halogens is 1. The number of benzene rings is 2. The first kappa shape index (κ1) is 22.0. The number of carbonyl (C=O) groups excluding carboxylic acids is 1. The van der Waals surface area contributed by atoms with Gasteiger partial charge < -0.3 is 14.3 Å². The smallest absolute Gasteiger partial charge is 0.282 e. The maximum atomic E-state index is 12.4. The van der Waals surface area contributed by atoms with Crippen LogP contribution in [-0.2, 0) is 9.63 Å². The zero-order valence-corrected chi connectivity index (χ0v) is 19.0. The van der Waals surface area contributed by atoms with E-state index in [1.807, 2.05) is 24.3 Å². The summed E-state index contributed by atoms with van der Waals surface area (Å²) in [5.74, 6) is 2.21. The van der Waals surface area contributed by atoms with Crippen molar-refractivity contribution in [1.82, 2.24) is 5.06 Å². The van der Waals surface area contributed by atoms with Crippen molar-refractivity contribution in [2.45, 2.75) is 11.8 Å². The number of thioether (sulfide) groups is 1. The van der Waals surface area contributed by atoms with Crippen LogP contribution in [0.4, 0.5) is 0 Å². The van der Waals surface area contributed by atoms with Crippen molar-refractivity contribution < 1.29 is 19.1 Å². The summed E-state index contributed by atoms with van der Waals surface area (Å²) < 4.78 is 11.3. The molecule has 0 aliphatic carbocycles. The van der Waals surface area contributed by atoms with Gasteiger partial charge in [0.15, 0.2) is 23.2 Å². The molecule has 0 fully saturated rings. The number of nitrogens with zero attached hydrogens (tertiary/aromatic N) is 2. The van der Waals surface area contributed by atoms with E-state index in [-0.39, 0.29) is 11.4 Å². The van der Waals surface area contributed by atoms with Crippen LogP contribution in [0.2, 0.25) is 5.02 Å². The molecule has 0 unspecified atom stereocenters. The van der Waals surface area contributed by atoms with Crippen molar-refractivity contribution in [1.29, 1.82) is 5.41 Å². The van der Waals surface area contributed by atoms with Crippen molar-refractivity contribution >= 4 is 47.0 Å². The SMILES string of the molecule is COc1cc(/C=C2\C(=N)N3OC(C)=CC3=NC2=O)ccc1OCCSc1ccc(Cl)cc1. The van der Waals surface area contributed by atoms with Gasteiger partial charge in [0.05, 0.1) is 19.3 Å². The summed E-state index contributed by atoms with van der Waals surface area (Å²) in [6.45, 7) is 2.23. The average Bonchev–Trinajstić information content (AvgIpc) is 3.16. The summed E-state index contributed by atoms with van der Waals surface area (Å²) in [7, 11) is 1.55. The topological polar surface area (TPSA) is 84.2 Å². The largest absolute Gasteiger partial charge is 0.493 e. The zero-order chi connectivity index (χ0) is 22.7. The second-order valence-corrected chi connectivity index (χ2v) is 8.49. The van der Waals surface area contributed by atoms with E-state index in [0.717, 1.165) is 10.6 Å². The highest BCUT2D eigenvalue weighted by Crippen LogP contribution is 2.31. The first-order valence-corrected chi connectivity index (χ1v) is 11.1. The Balaban J connectivity index is 1.42. The number of ether oxygens (including phenoxy) is 2. The fourth-order valence-electron chi connectivity index (χ4n) is 3.10. The summed E-state index contributed by atoms with van der Waals surface area (Å²) >= 11 is 7.57. The van der Waals surface area contributed by atoms with Gasteiger partial charge in [0, 0.05) is 21.7 Å². The standard InChI is InChI=1S/C23H20ClN3O4S/c1-14-11-21-26-23(28)18(22(25)27(21)31-14)12-15-3-8-19(20(13-15)29-2)30-9-10-32-17-6-4-16(24)5-7-17/h3-8,11-13,25H,9-10H2,1-2H3/b18-12+,25-22?. The monoisotopic (exact) mass is 469 g/mol. The molecule has 0 spiro atoms. The lowest BCUT2D eigenvalue weighted by molar-refractivity contribution is -0.114. The van der Waals surface area contributed by atoms with Crippen LogP contribution in [0.25, 0.3) is 6.08 Å². The number of carbonyl (C=O) groups is 1. The number of amidine groups is 2. The number of hydroxylamine groups is 2. The minimum atomic E-state index is -0.491. The normalized spacial score (nSPS) is 16.5. The number of fused-ring (bicyclic) bond motifs is 1. The molecule has 164 valence electrons. The van der Waals surface area contributed by atoms with Gasteiger partial charge in [-0.05, 0) is 55.0 Å². The molecule has 1 N–H and O–H groups in total. The maximum Gasteiger partial charge on any atom is 0.282 e. The van der Waals surface area contributed by atoms with Gasteiger partial charge in [-0.3, -0.25) is 10.2 Å². The Labute approximate surface area is 194 Å². The predicted molar refractivity (Wildman–Crippen MR) is 125 cm³/mol. The van der Waals surface area contributed by atoms with Gasteiger partial charge in [0.1, 0.15) is 5.76 Å². The summed E-state index contributed by atoms with van der Waals surface area (Å²) in [5.41, 5.74) is 0.812. The minimum Gasteiger partial charge on any atom is -0.493 e. The minimum absolute atomic E-state index is 0.0633. The van der Waals surface area contributed by atoms with Gasteiger partial charge in [0.2, 0.25) is 0 Å². The number of hydrogen-bond donors (Lipinski definition) is 1. The Kier molecular flexibility index (Phi) is 6.53. The Morgan fingerprint density at radius 3 is 2.75 bits per heavy atom. The van der Waals surface area contributed by atoms with Crippen molar-refractivity contribution in [3.05, 3.63) is 70.5 Å². The molecule has 0 radical (unpaired) electrons. The lowest BCUT2D eigenvalue weighted by Crippen LogP contribution is -2.38. The van der Waals surface area contributed by atoms with Gasteiger partial charge >= 0.3 is 0 Å². The van der Waals surface area contributed by atoms with E-state index < -0.39 is 5.91 Å². The summed E-state index contributed by atoms with van der Waals surface area (Å²) in [6, 6.07) is 13.0. The second kappa shape index (κ2) is 9.50. The molecule has 1 amide bonds. The maximum absolute atomic E-state index is 12.4. The van der Waals surface area contributed by atoms with Crippen LogP contribution in [0.5, 0.6) is 11.5 Å². The van der Waals surface area contributed by atoms with E-state index in [9.17, 15) is 4.79 Å². The number of hydrogen-bond acceptors (Lipinski definition) is 6. The number of methoxy groups -OCH3 is 1. The van der Waals surface area contributed by atoms with Gasteiger partial charge in [-0.15, -0.1) is 16.8 Å². The van der Waals surface area contributed by atoms with Gasteiger partial charge in [-0.1, -0.05) is 17.7 Å². The molecule has 4 rings (SSSR count). The highest BCUT2D eigenvalue weighted by atomic mass is 35.5. The summed E-state index contributed by atoms with van der Waals surface area (Å²) in [6.07, 6.45) is 3.20. The van der Waals surface area contributed by atoms with Crippen LogP contribution in [0.1, 0.15) is 12.5 Å². The highest BCUT2D eigenvalue weighted by molar-refractivity contribution is 7.99. The molecule has 0 aromatic heterocycles. The molecule has 2 aromatic carbocycles. The van der Waals surface area contributed by atoms with Crippen LogP contribution in [0, 0.1) is 5.41 Å². The van der Waals surface area contributed by atoms with E-state index in [4.69, 9.17) is 31.3 Å². The first-order valence-electron chi connectivity index (χ1n) is 9.74. The second-order valence-electron chi connectivity index (χ2n) is 6.88. The molecule has 0 atom stereocenters. The van der Waals surface area contributed by atoms with Crippen molar-refractivity contribution in [3.63, 3.8) is 0 Å². The molecule has 0 bridgehead atoms. The molecule has 0 saturated carbocycles. The molecule has 2 heterocycles. The number of amides is 1. The summed E-state index contributed by atoms with van der Waals surface area (Å²) in [5, 5.41) is 10.3. The van der Waals surface area contributed by atoms with E-state index in [0.29, 0.717) is 40.3 Å². The number of allylic oxidation sites excluding steroid dienone is 1. The Morgan fingerprint density at radius 2 is 2.00 bits per heavy atom. The Morgan fingerprint density at radius 1 is 1.22 bits per heavy atom. The molecule has 2 aliphatic rings. The molecular formula is C23H20ClN3O4S. The van der Waals surface area contributed by atoms with E-state index in [2.05, 4.69) is 4.99 Å². The third-order valence-corrected chi connectivity index (χ3v) is 5.83. The first-order chi connectivity index (χ1) is 15.4. The lowest BCUT2D eigenvalue weighted by Gasteiger charge is -2.23. The van der Waals surface area contributed by atoms with E-state index in [1.54, 1.807) is 56.1 Å². The molecule has 2 aromatic rings. The van der Waals surface area contributed by atoms with Crippen LogP contribution < -0.4 is 9.47 Å². The fraction of sp³-hybridized carbons (Fsp3) is 0.174. The molecule has 32 heavy (non-hydrogen) atoms. The number of nitrogens with one attached hydrogen (secondary N) is 1. The van der Waals surface area contributed by atoms with Gasteiger partial charge in [-0.25, -0.2) is 0 Å². The molecule has 2 aliphatic heterocycles. The fourth-order valence-corrected chi connectivity index (χ4v) is 3.96. The van der Waals surface area contributed by atoms with E-state index in [1.165, 1.54) is 5.06 Å². The van der Waals surface area contributed by atoms with Gasteiger partial charge in [0.25, 0.3) is 5.91 Å². The quantitative estimate of drug-likeness (QED) is 0.350. The average molecular weight is 470 g/mol.